The van der Waals surface area contributed by atoms with Crippen molar-refractivity contribution in [3.8, 4) is 0 Å². The van der Waals surface area contributed by atoms with Gasteiger partial charge in [0.15, 0.2) is 0 Å². The first-order valence-electron chi connectivity index (χ1n) is 6.94. The first kappa shape index (κ1) is 16.7. The van der Waals surface area contributed by atoms with Crippen molar-refractivity contribution in [2.45, 2.75) is 19.3 Å². The summed E-state index contributed by atoms with van der Waals surface area (Å²) in [6, 6.07) is 18.2. The molecule has 0 saturated heterocycles. The van der Waals surface area contributed by atoms with Crippen LogP contribution in [0.2, 0.25) is 5.02 Å². The topological polar surface area (TPSA) is 52.0 Å². The van der Waals surface area contributed by atoms with Crippen LogP contribution in [-0.2, 0) is 12.8 Å². The summed E-state index contributed by atoms with van der Waals surface area (Å²) >= 11 is 5.74. The Balaban J connectivity index is 0.000000200. The van der Waals surface area contributed by atoms with Crippen molar-refractivity contribution < 1.29 is 0 Å². The van der Waals surface area contributed by atoms with Crippen LogP contribution in [0, 0.1) is 0 Å². The Morgan fingerprint density at radius 1 is 0.750 bits per heavy atom. The van der Waals surface area contributed by atoms with Gasteiger partial charge in [0, 0.05) is 5.02 Å². The van der Waals surface area contributed by atoms with E-state index in [9.17, 15) is 0 Å². The van der Waals surface area contributed by atoms with Gasteiger partial charge in [-0.05, 0) is 55.6 Å². The average Bonchev–Trinajstić information content (AvgIpc) is 2.47. The standard InChI is InChI=1S/C9H13N.C8H10ClN/c10-8-4-7-9-5-2-1-3-6-9;9-8-3-1-2-7(6-8)4-5-10/h1-3,5-6H,4,7-8,10H2;1-3,6H,4-5,10H2. The van der Waals surface area contributed by atoms with Crippen molar-refractivity contribution in [3.05, 3.63) is 70.7 Å². The molecule has 0 aromatic heterocycles. The van der Waals surface area contributed by atoms with E-state index < -0.39 is 0 Å². The van der Waals surface area contributed by atoms with Crippen molar-refractivity contribution in [3.63, 3.8) is 0 Å². The summed E-state index contributed by atoms with van der Waals surface area (Å²) in [5, 5.41) is 0.783. The predicted octanol–water partition coefficient (Wildman–Crippen LogP) is 3.42. The average molecular weight is 291 g/mol. The zero-order valence-corrected chi connectivity index (χ0v) is 12.5. The Kier molecular flexibility index (Phi) is 8.72. The number of hydrogen-bond acceptors (Lipinski definition) is 2. The van der Waals surface area contributed by atoms with Crippen LogP contribution in [-0.4, -0.2) is 13.1 Å². The van der Waals surface area contributed by atoms with Gasteiger partial charge in [-0.25, -0.2) is 0 Å². The molecule has 2 nitrogen and oxygen atoms in total. The van der Waals surface area contributed by atoms with Gasteiger partial charge >= 0.3 is 0 Å². The lowest BCUT2D eigenvalue weighted by Crippen LogP contribution is -2.02. The zero-order valence-electron chi connectivity index (χ0n) is 11.8. The molecular formula is C17H23ClN2. The predicted molar refractivity (Wildman–Crippen MR) is 88.0 cm³/mol. The van der Waals surface area contributed by atoms with Crippen LogP contribution in [0.4, 0.5) is 0 Å². The van der Waals surface area contributed by atoms with E-state index in [1.165, 1.54) is 11.1 Å². The van der Waals surface area contributed by atoms with Crippen LogP contribution in [0.5, 0.6) is 0 Å². The smallest absolute Gasteiger partial charge is 0.0408 e. The molecule has 2 aromatic rings. The Labute approximate surface area is 126 Å². The fourth-order valence-corrected chi connectivity index (χ4v) is 2.02. The molecule has 0 aliphatic heterocycles. The first-order chi connectivity index (χ1) is 9.76. The minimum atomic E-state index is 0.681. The molecule has 0 unspecified atom stereocenters. The molecule has 20 heavy (non-hydrogen) atoms. The van der Waals surface area contributed by atoms with Crippen molar-refractivity contribution in [1.82, 2.24) is 0 Å². The highest BCUT2D eigenvalue weighted by molar-refractivity contribution is 6.30. The molecule has 2 rings (SSSR count). The molecule has 0 saturated carbocycles. The van der Waals surface area contributed by atoms with Crippen LogP contribution in [0.25, 0.3) is 0 Å². The van der Waals surface area contributed by atoms with E-state index in [-0.39, 0.29) is 0 Å². The van der Waals surface area contributed by atoms with Gasteiger partial charge < -0.3 is 11.5 Å². The van der Waals surface area contributed by atoms with E-state index >= 15 is 0 Å². The molecule has 0 fully saturated rings. The van der Waals surface area contributed by atoms with Crippen molar-refractivity contribution in [1.29, 1.82) is 0 Å². The minimum Gasteiger partial charge on any atom is -0.330 e. The number of hydrogen-bond donors (Lipinski definition) is 2. The highest BCUT2D eigenvalue weighted by Crippen LogP contribution is 2.10. The van der Waals surface area contributed by atoms with Gasteiger partial charge in [0.1, 0.15) is 0 Å². The fraction of sp³-hybridized carbons (Fsp3) is 0.294. The summed E-state index contributed by atoms with van der Waals surface area (Å²) in [4.78, 5) is 0. The summed E-state index contributed by atoms with van der Waals surface area (Å²) in [5.74, 6) is 0. The van der Waals surface area contributed by atoms with E-state index in [0.29, 0.717) is 6.54 Å². The highest BCUT2D eigenvalue weighted by Gasteiger charge is 1.90. The van der Waals surface area contributed by atoms with Crippen LogP contribution in [0.3, 0.4) is 0 Å². The molecule has 0 aliphatic rings. The third-order valence-corrected chi connectivity index (χ3v) is 3.07. The Bertz CT molecular complexity index is 471. The van der Waals surface area contributed by atoms with Crippen LogP contribution < -0.4 is 11.5 Å². The lowest BCUT2D eigenvalue weighted by atomic mass is 10.1. The maximum absolute atomic E-state index is 5.74. The van der Waals surface area contributed by atoms with E-state index in [1.807, 2.05) is 30.3 Å². The second-order valence-corrected chi connectivity index (χ2v) is 4.98. The Morgan fingerprint density at radius 3 is 2.05 bits per heavy atom. The quantitative estimate of drug-likeness (QED) is 0.886. The Hall–Kier alpha value is -1.35. The molecule has 0 radical (unpaired) electrons. The van der Waals surface area contributed by atoms with Crippen LogP contribution in [0.15, 0.2) is 54.6 Å². The number of halogens is 1. The molecule has 108 valence electrons. The van der Waals surface area contributed by atoms with E-state index in [0.717, 1.165) is 30.8 Å². The lowest BCUT2D eigenvalue weighted by molar-refractivity contribution is 0.833. The summed E-state index contributed by atoms with van der Waals surface area (Å²) in [6.07, 6.45) is 3.10. The molecule has 0 heterocycles. The summed E-state index contributed by atoms with van der Waals surface area (Å²) in [7, 11) is 0. The molecule has 0 amide bonds. The van der Waals surface area contributed by atoms with Gasteiger partial charge in [0.05, 0.1) is 0 Å². The Morgan fingerprint density at radius 2 is 1.45 bits per heavy atom. The monoisotopic (exact) mass is 290 g/mol. The molecule has 4 N–H and O–H groups in total. The number of nitrogens with two attached hydrogens (primary N) is 2. The second kappa shape index (κ2) is 10.4. The fourth-order valence-electron chi connectivity index (χ4n) is 1.81. The molecule has 3 heteroatoms. The molecule has 0 spiro atoms. The lowest BCUT2D eigenvalue weighted by Gasteiger charge is -1.96. The first-order valence-corrected chi connectivity index (χ1v) is 7.32. The van der Waals surface area contributed by atoms with Gasteiger partial charge in [-0.3, -0.25) is 0 Å². The van der Waals surface area contributed by atoms with E-state index in [1.54, 1.807) is 0 Å². The number of benzene rings is 2. The van der Waals surface area contributed by atoms with E-state index in [4.69, 9.17) is 23.1 Å². The van der Waals surface area contributed by atoms with Crippen molar-refractivity contribution >= 4 is 11.6 Å². The molecule has 2 aromatic carbocycles. The van der Waals surface area contributed by atoms with Gasteiger partial charge in [-0.15, -0.1) is 0 Å². The number of aryl methyl sites for hydroxylation is 1. The van der Waals surface area contributed by atoms with E-state index in [2.05, 4.69) is 24.3 Å². The molecular weight excluding hydrogens is 268 g/mol. The van der Waals surface area contributed by atoms with Crippen molar-refractivity contribution in [2.24, 2.45) is 11.5 Å². The van der Waals surface area contributed by atoms with Crippen LogP contribution in [0.1, 0.15) is 17.5 Å². The highest BCUT2D eigenvalue weighted by atomic mass is 35.5. The van der Waals surface area contributed by atoms with Crippen molar-refractivity contribution in [2.75, 3.05) is 13.1 Å². The SMILES string of the molecule is NCCCc1ccccc1.NCCc1cccc(Cl)c1. The van der Waals surface area contributed by atoms with Crippen LogP contribution >= 0.6 is 11.6 Å². The third-order valence-electron chi connectivity index (χ3n) is 2.83. The van der Waals surface area contributed by atoms with Gasteiger partial charge in [-0.1, -0.05) is 54.1 Å². The maximum atomic E-state index is 5.74. The molecule has 0 atom stereocenters. The zero-order chi connectivity index (χ0) is 14.6. The molecule has 0 aliphatic carbocycles. The maximum Gasteiger partial charge on any atom is 0.0408 e. The summed E-state index contributed by atoms with van der Waals surface area (Å²) in [6.45, 7) is 1.47. The third kappa shape index (κ3) is 7.29. The molecule has 0 bridgehead atoms. The largest absolute Gasteiger partial charge is 0.330 e. The number of rotatable bonds is 5. The van der Waals surface area contributed by atoms with Gasteiger partial charge in [-0.2, -0.15) is 0 Å². The van der Waals surface area contributed by atoms with Gasteiger partial charge in [0.2, 0.25) is 0 Å². The normalized spacial score (nSPS) is 9.75. The second-order valence-electron chi connectivity index (χ2n) is 4.55. The minimum absolute atomic E-state index is 0.681. The summed E-state index contributed by atoms with van der Waals surface area (Å²) in [5.41, 5.74) is 13.3. The summed E-state index contributed by atoms with van der Waals surface area (Å²) < 4.78 is 0. The van der Waals surface area contributed by atoms with Gasteiger partial charge in [0.25, 0.3) is 0 Å².